The Morgan fingerprint density at radius 1 is 1.38 bits per heavy atom. The number of amides is 3. The first-order chi connectivity index (χ1) is 12.5. The minimum atomic E-state index is -0.787. The summed E-state index contributed by atoms with van der Waals surface area (Å²) in [5.41, 5.74) is -0.0763. The predicted molar refractivity (Wildman–Crippen MR) is 94.2 cm³/mol. The van der Waals surface area contributed by atoms with Gasteiger partial charge in [0.2, 0.25) is 11.7 Å². The predicted octanol–water partition coefficient (Wildman–Crippen LogP) is 3.39. The Bertz CT molecular complexity index is 868. The summed E-state index contributed by atoms with van der Waals surface area (Å²) in [4.78, 5) is 30.9. The first kappa shape index (κ1) is 17.0. The van der Waals surface area contributed by atoms with Gasteiger partial charge in [0, 0.05) is 10.6 Å². The molecule has 1 aliphatic heterocycles. The van der Waals surface area contributed by atoms with Gasteiger partial charge in [0.25, 0.3) is 5.91 Å². The van der Waals surface area contributed by atoms with Gasteiger partial charge in [-0.2, -0.15) is 4.98 Å². The van der Waals surface area contributed by atoms with Crippen molar-refractivity contribution in [2.24, 2.45) is 5.92 Å². The molecule has 1 N–H and O–H groups in total. The van der Waals surface area contributed by atoms with Crippen LogP contribution in [0.1, 0.15) is 38.5 Å². The molecule has 1 aliphatic carbocycles. The van der Waals surface area contributed by atoms with Gasteiger partial charge in [-0.05, 0) is 30.9 Å². The Balaban J connectivity index is 1.54. The molecule has 0 bridgehead atoms. The second-order valence-corrected chi connectivity index (χ2v) is 7.40. The van der Waals surface area contributed by atoms with Gasteiger partial charge >= 0.3 is 6.03 Å². The SMILES string of the molecule is C[C@@H]1CCCC[C@]12NC(=O)N(Cc1nc(-c3cccc(Cl)c3)no1)C2=O. The van der Waals surface area contributed by atoms with Crippen molar-refractivity contribution in [1.29, 1.82) is 0 Å². The molecule has 2 aliphatic rings. The van der Waals surface area contributed by atoms with Crippen molar-refractivity contribution in [2.45, 2.75) is 44.7 Å². The number of carbonyl (C=O) groups is 2. The molecule has 2 heterocycles. The Hall–Kier alpha value is -2.41. The highest BCUT2D eigenvalue weighted by atomic mass is 35.5. The molecule has 8 heteroatoms. The molecule has 0 radical (unpaired) electrons. The second kappa shape index (κ2) is 6.39. The van der Waals surface area contributed by atoms with Crippen LogP contribution in [0.2, 0.25) is 5.02 Å². The number of nitrogens with one attached hydrogen (secondary N) is 1. The summed E-state index contributed by atoms with van der Waals surface area (Å²) < 4.78 is 5.24. The summed E-state index contributed by atoms with van der Waals surface area (Å²) in [7, 11) is 0. The van der Waals surface area contributed by atoms with Crippen LogP contribution < -0.4 is 5.32 Å². The number of rotatable bonds is 3. The molecule has 26 heavy (non-hydrogen) atoms. The molecule has 1 saturated heterocycles. The van der Waals surface area contributed by atoms with Crippen LogP contribution >= 0.6 is 11.6 Å². The Morgan fingerprint density at radius 2 is 2.23 bits per heavy atom. The maximum atomic E-state index is 13.0. The Labute approximate surface area is 155 Å². The monoisotopic (exact) mass is 374 g/mol. The van der Waals surface area contributed by atoms with Gasteiger partial charge in [0.05, 0.1) is 0 Å². The first-order valence-corrected chi connectivity index (χ1v) is 9.10. The normalized spacial score (nSPS) is 25.8. The zero-order valence-corrected chi connectivity index (χ0v) is 15.1. The molecule has 1 spiro atoms. The number of aromatic nitrogens is 2. The highest BCUT2D eigenvalue weighted by Crippen LogP contribution is 2.38. The zero-order chi connectivity index (χ0) is 18.3. The van der Waals surface area contributed by atoms with Crippen LogP contribution in [0, 0.1) is 5.92 Å². The van der Waals surface area contributed by atoms with Crippen LogP contribution in [-0.2, 0) is 11.3 Å². The van der Waals surface area contributed by atoms with Gasteiger partial charge < -0.3 is 9.84 Å². The molecular weight excluding hydrogens is 356 g/mol. The van der Waals surface area contributed by atoms with Crippen molar-refractivity contribution in [1.82, 2.24) is 20.4 Å². The summed E-state index contributed by atoms with van der Waals surface area (Å²) in [6, 6.07) is 6.69. The van der Waals surface area contributed by atoms with Crippen molar-refractivity contribution in [3.05, 3.63) is 35.2 Å². The van der Waals surface area contributed by atoms with Crippen LogP contribution in [0.25, 0.3) is 11.4 Å². The minimum absolute atomic E-state index is 0.0350. The molecular formula is C18H19ClN4O3. The summed E-state index contributed by atoms with van der Waals surface area (Å²) in [5.74, 6) is 0.499. The molecule has 136 valence electrons. The lowest BCUT2D eigenvalue weighted by Gasteiger charge is -2.36. The van der Waals surface area contributed by atoms with Crippen molar-refractivity contribution >= 4 is 23.5 Å². The van der Waals surface area contributed by atoms with E-state index in [4.69, 9.17) is 16.1 Å². The maximum Gasteiger partial charge on any atom is 0.325 e. The van der Waals surface area contributed by atoms with Crippen LogP contribution in [-0.4, -0.2) is 32.5 Å². The smallest absolute Gasteiger partial charge is 0.325 e. The van der Waals surface area contributed by atoms with E-state index in [0.29, 0.717) is 22.8 Å². The van der Waals surface area contributed by atoms with E-state index in [1.54, 1.807) is 18.2 Å². The van der Waals surface area contributed by atoms with Crippen LogP contribution in [0.5, 0.6) is 0 Å². The molecule has 2 aromatic rings. The largest absolute Gasteiger partial charge is 0.337 e. The van der Waals surface area contributed by atoms with Gasteiger partial charge in [-0.15, -0.1) is 0 Å². The molecule has 4 rings (SSSR count). The van der Waals surface area contributed by atoms with Gasteiger partial charge in [-0.25, -0.2) is 4.79 Å². The van der Waals surface area contributed by atoms with Crippen molar-refractivity contribution in [2.75, 3.05) is 0 Å². The van der Waals surface area contributed by atoms with Gasteiger partial charge in [-0.3, -0.25) is 9.69 Å². The standard InChI is InChI=1S/C18H19ClN4O3/c1-11-5-2-3-8-18(11)16(24)23(17(25)21-18)10-14-20-15(22-26-14)12-6-4-7-13(19)9-12/h4,6-7,9,11H,2-3,5,8,10H2,1H3,(H,21,25)/t11-,18+/m1/s1. The quantitative estimate of drug-likeness (QED) is 0.832. The Morgan fingerprint density at radius 3 is 3.00 bits per heavy atom. The molecule has 1 aromatic carbocycles. The highest BCUT2D eigenvalue weighted by molar-refractivity contribution is 6.30. The van der Waals surface area contributed by atoms with Gasteiger partial charge in [0.15, 0.2) is 0 Å². The van der Waals surface area contributed by atoms with E-state index in [9.17, 15) is 9.59 Å². The van der Waals surface area contributed by atoms with Crippen LogP contribution in [0.3, 0.4) is 0 Å². The lowest BCUT2D eigenvalue weighted by Crippen LogP contribution is -2.53. The van der Waals surface area contributed by atoms with Crippen LogP contribution in [0.15, 0.2) is 28.8 Å². The molecule has 1 aromatic heterocycles. The fourth-order valence-corrected chi connectivity index (χ4v) is 4.03. The number of benzene rings is 1. The molecule has 3 amide bonds. The molecule has 7 nitrogen and oxygen atoms in total. The molecule has 2 fully saturated rings. The zero-order valence-electron chi connectivity index (χ0n) is 14.4. The Kier molecular flexibility index (Phi) is 4.19. The number of carbonyl (C=O) groups excluding carboxylic acids is 2. The van der Waals surface area contributed by atoms with E-state index < -0.39 is 11.6 Å². The topological polar surface area (TPSA) is 88.3 Å². The summed E-state index contributed by atoms with van der Waals surface area (Å²) in [6.07, 6.45) is 3.62. The summed E-state index contributed by atoms with van der Waals surface area (Å²) in [6.45, 7) is 1.98. The number of halogens is 1. The fourth-order valence-electron chi connectivity index (χ4n) is 3.84. The fraction of sp³-hybridized carbons (Fsp3) is 0.444. The van der Waals surface area contributed by atoms with E-state index in [2.05, 4.69) is 15.5 Å². The second-order valence-electron chi connectivity index (χ2n) is 6.96. The van der Waals surface area contributed by atoms with Crippen molar-refractivity contribution in [3.8, 4) is 11.4 Å². The van der Waals surface area contributed by atoms with E-state index in [-0.39, 0.29) is 24.3 Å². The average molecular weight is 375 g/mol. The summed E-state index contributed by atoms with van der Waals surface area (Å²) in [5, 5.41) is 7.41. The minimum Gasteiger partial charge on any atom is -0.337 e. The average Bonchev–Trinajstić information content (AvgIpc) is 3.18. The highest BCUT2D eigenvalue weighted by Gasteiger charge is 2.55. The third-order valence-corrected chi connectivity index (χ3v) is 5.58. The van der Waals surface area contributed by atoms with Crippen LogP contribution in [0.4, 0.5) is 4.79 Å². The van der Waals surface area contributed by atoms with E-state index in [1.165, 1.54) is 4.90 Å². The lowest BCUT2D eigenvalue weighted by atomic mass is 9.73. The molecule has 0 unspecified atom stereocenters. The third-order valence-electron chi connectivity index (χ3n) is 5.35. The number of urea groups is 1. The third kappa shape index (κ3) is 2.76. The number of nitrogens with zero attached hydrogens (tertiary/aromatic N) is 3. The first-order valence-electron chi connectivity index (χ1n) is 8.72. The van der Waals surface area contributed by atoms with Crippen molar-refractivity contribution < 1.29 is 14.1 Å². The number of imide groups is 1. The lowest BCUT2D eigenvalue weighted by molar-refractivity contribution is -0.134. The number of hydrogen-bond donors (Lipinski definition) is 1. The van der Waals surface area contributed by atoms with Gasteiger partial charge in [0.1, 0.15) is 12.1 Å². The van der Waals surface area contributed by atoms with E-state index in [1.807, 2.05) is 13.0 Å². The molecule has 2 atom stereocenters. The van der Waals surface area contributed by atoms with Gasteiger partial charge in [-0.1, -0.05) is 48.7 Å². The number of hydrogen-bond acceptors (Lipinski definition) is 5. The van der Waals surface area contributed by atoms with E-state index in [0.717, 1.165) is 19.3 Å². The van der Waals surface area contributed by atoms with E-state index >= 15 is 0 Å². The van der Waals surface area contributed by atoms with Crippen molar-refractivity contribution in [3.63, 3.8) is 0 Å². The molecule has 1 saturated carbocycles. The summed E-state index contributed by atoms with van der Waals surface area (Å²) >= 11 is 5.98. The maximum absolute atomic E-state index is 13.0.